The van der Waals surface area contributed by atoms with Gasteiger partial charge >= 0.3 is 11.9 Å². The zero-order valence-electron chi connectivity index (χ0n) is 17.7. The summed E-state index contributed by atoms with van der Waals surface area (Å²) in [6.45, 7) is 12.9. The number of rotatable bonds is 7. The third-order valence-corrected chi connectivity index (χ3v) is 6.42. The van der Waals surface area contributed by atoms with Gasteiger partial charge in [0.15, 0.2) is 0 Å². The molecule has 1 unspecified atom stereocenters. The number of esters is 2. The predicted octanol–water partition coefficient (Wildman–Crippen LogP) is 5.43. The summed E-state index contributed by atoms with van der Waals surface area (Å²) in [6, 6.07) is 0. The smallest absolute Gasteiger partial charge is 0.312 e. The first-order valence-electron chi connectivity index (χ1n) is 10.3. The van der Waals surface area contributed by atoms with Gasteiger partial charge in [0, 0.05) is 0 Å². The van der Waals surface area contributed by atoms with E-state index in [1.165, 1.54) is 6.42 Å². The second-order valence-electron chi connectivity index (χ2n) is 10.3. The van der Waals surface area contributed by atoms with Crippen molar-refractivity contribution >= 4 is 11.9 Å². The van der Waals surface area contributed by atoms with Gasteiger partial charge in [-0.3, -0.25) is 9.59 Å². The largest absolute Gasteiger partial charge is 0.465 e. The van der Waals surface area contributed by atoms with Crippen LogP contribution < -0.4 is 0 Å². The highest BCUT2D eigenvalue weighted by molar-refractivity contribution is 5.82. The molecule has 0 aromatic rings. The molecule has 0 bridgehead atoms. The molecule has 2 rings (SSSR count). The summed E-state index contributed by atoms with van der Waals surface area (Å²) < 4.78 is 11.3. The van der Waals surface area contributed by atoms with E-state index in [1.54, 1.807) is 0 Å². The molecule has 0 N–H and O–H groups in total. The van der Waals surface area contributed by atoms with E-state index in [1.807, 2.05) is 0 Å². The molecule has 0 aromatic carbocycles. The molecule has 4 heteroatoms. The van der Waals surface area contributed by atoms with Crippen molar-refractivity contribution < 1.29 is 19.1 Å². The molecule has 150 valence electrons. The van der Waals surface area contributed by atoms with Crippen molar-refractivity contribution in [1.29, 1.82) is 0 Å². The molecule has 2 aliphatic carbocycles. The Morgan fingerprint density at radius 1 is 1.04 bits per heavy atom. The molecule has 0 amide bonds. The molecule has 0 heterocycles. The van der Waals surface area contributed by atoms with E-state index in [4.69, 9.17) is 9.47 Å². The standard InChI is InChI=1S/C22H38O4/c1-7-21(12-9-8-10-13-21)26-17(23)11-14-25-18(24)22(15-19(2,3)4)16-20(22,5)6/h7-16H2,1-6H3. The Labute approximate surface area is 159 Å². The van der Waals surface area contributed by atoms with Crippen molar-refractivity contribution in [3.63, 3.8) is 0 Å². The molecule has 0 saturated heterocycles. The Morgan fingerprint density at radius 3 is 2.08 bits per heavy atom. The number of hydrogen-bond donors (Lipinski definition) is 0. The third-order valence-electron chi connectivity index (χ3n) is 6.42. The van der Waals surface area contributed by atoms with E-state index < -0.39 is 5.41 Å². The van der Waals surface area contributed by atoms with Crippen LogP contribution in [0.5, 0.6) is 0 Å². The van der Waals surface area contributed by atoms with Gasteiger partial charge in [-0.15, -0.1) is 0 Å². The van der Waals surface area contributed by atoms with Crippen LogP contribution in [0.1, 0.15) is 99.3 Å². The Bertz CT molecular complexity index is 523. The van der Waals surface area contributed by atoms with E-state index in [0.29, 0.717) is 0 Å². The van der Waals surface area contributed by atoms with Gasteiger partial charge in [-0.1, -0.05) is 48.0 Å². The second-order valence-corrected chi connectivity index (χ2v) is 10.3. The monoisotopic (exact) mass is 366 g/mol. The Balaban J connectivity index is 1.83. The fourth-order valence-corrected chi connectivity index (χ4v) is 4.72. The molecule has 2 saturated carbocycles. The van der Waals surface area contributed by atoms with E-state index in [-0.39, 0.29) is 41.4 Å². The third kappa shape index (κ3) is 4.80. The topological polar surface area (TPSA) is 52.6 Å². The van der Waals surface area contributed by atoms with Crippen LogP contribution in [0.15, 0.2) is 0 Å². The molecule has 0 aliphatic heterocycles. The highest BCUT2D eigenvalue weighted by Crippen LogP contribution is 2.68. The van der Waals surface area contributed by atoms with Gasteiger partial charge in [-0.05, 0) is 55.8 Å². The molecule has 26 heavy (non-hydrogen) atoms. The van der Waals surface area contributed by atoms with Crippen molar-refractivity contribution in [2.75, 3.05) is 6.61 Å². The number of carbonyl (C=O) groups is 2. The van der Waals surface area contributed by atoms with Crippen LogP contribution in [0.3, 0.4) is 0 Å². The minimum atomic E-state index is -0.400. The predicted molar refractivity (Wildman–Crippen MR) is 103 cm³/mol. The van der Waals surface area contributed by atoms with E-state index in [2.05, 4.69) is 41.5 Å². The molecule has 2 fully saturated rings. The summed E-state index contributed by atoms with van der Waals surface area (Å²) in [5, 5.41) is 0. The molecular formula is C22H38O4. The number of hydrogen-bond acceptors (Lipinski definition) is 4. The first-order chi connectivity index (χ1) is 12.0. The molecule has 0 radical (unpaired) electrons. The van der Waals surface area contributed by atoms with Gasteiger partial charge in [-0.25, -0.2) is 0 Å². The molecule has 2 aliphatic rings. The van der Waals surface area contributed by atoms with Crippen LogP contribution in [0.4, 0.5) is 0 Å². The van der Waals surface area contributed by atoms with Gasteiger partial charge in [0.2, 0.25) is 0 Å². The van der Waals surface area contributed by atoms with Gasteiger partial charge in [0.25, 0.3) is 0 Å². The highest BCUT2D eigenvalue weighted by Gasteiger charge is 2.67. The van der Waals surface area contributed by atoms with Gasteiger partial charge in [-0.2, -0.15) is 0 Å². The second kappa shape index (κ2) is 7.52. The number of carbonyl (C=O) groups excluding carboxylic acids is 2. The van der Waals surface area contributed by atoms with Crippen LogP contribution >= 0.6 is 0 Å². The lowest BCUT2D eigenvalue weighted by Gasteiger charge is -2.36. The quantitative estimate of drug-likeness (QED) is 0.564. The summed E-state index contributed by atoms with van der Waals surface area (Å²) in [6.07, 6.45) is 8.08. The van der Waals surface area contributed by atoms with Crippen molar-refractivity contribution in [2.24, 2.45) is 16.2 Å². The van der Waals surface area contributed by atoms with Crippen LogP contribution in [0, 0.1) is 16.2 Å². The first kappa shape index (κ1) is 21.2. The molecular weight excluding hydrogens is 328 g/mol. The van der Waals surface area contributed by atoms with Crippen molar-refractivity contribution in [3.05, 3.63) is 0 Å². The summed E-state index contributed by atoms with van der Waals surface area (Å²) in [5.74, 6) is -0.380. The van der Waals surface area contributed by atoms with Crippen molar-refractivity contribution in [2.45, 2.75) is 105 Å². The van der Waals surface area contributed by atoms with Crippen molar-refractivity contribution in [1.82, 2.24) is 0 Å². The average Bonchev–Trinajstić information content (AvgIpc) is 3.07. The summed E-state index contributed by atoms with van der Waals surface area (Å²) in [7, 11) is 0. The zero-order valence-corrected chi connectivity index (χ0v) is 17.7. The summed E-state index contributed by atoms with van der Waals surface area (Å²) in [5.41, 5.74) is -0.638. The average molecular weight is 367 g/mol. The van der Waals surface area contributed by atoms with E-state index in [9.17, 15) is 9.59 Å². The fourth-order valence-electron chi connectivity index (χ4n) is 4.72. The minimum absolute atomic E-state index is 0.0216. The number of ether oxygens (including phenoxy) is 2. The fraction of sp³-hybridized carbons (Fsp3) is 0.909. The van der Waals surface area contributed by atoms with Crippen molar-refractivity contribution in [3.8, 4) is 0 Å². The molecule has 1 atom stereocenters. The van der Waals surface area contributed by atoms with E-state index >= 15 is 0 Å². The van der Waals surface area contributed by atoms with Crippen LogP contribution in [0.25, 0.3) is 0 Å². The normalized spacial score (nSPS) is 26.8. The Hall–Kier alpha value is -1.06. The maximum Gasteiger partial charge on any atom is 0.312 e. The lowest BCUT2D eigenvalue weighted by molar-refractivity contribution is -0.166. The maximum absolute atomic E-state index is 12.7. The van der Waals surface area contributed by atoms with Gasteiger partial charge < -0.3 is 9.47 Å². The van der Waals surface area contributed by atoms with Crippen LogP contribution in [-0.2, 0) is 19.1 Å². The van der Waals surface area contributed by atoms with Gasteiger partial charge in [0.05, 0.1) is 11.8 Å². The molecule has 0 spiro atoms. The Morgan fingerprint density at radius 2 is 1.62 bits per heavy atom. The summed E-state index contributed by atoms with van der Waals surface area (Å²) >= 11 is 0. The SMILES string of the molecule is CCC1(OC(=O)CCOC(=O)C2(CC(C)(C)C)CC2(C)C)CCCCC1. The zero-order chi connectivity index (χ0) is 19.6. The highest BCUT2D eigenvalue weighted by atomic mass is 16.6. The van der Waals surface area contributed by atoms with Gasteiger partial charge in [0.1, 0.15) is 12.2 Å². The maximum atomic E-state index is 12.7. The molecule has 0 aromatic heterocycles. The lowest BCUT2D eigenvalue weighted by atomic mass is 9.79. The minimum Gasteiger partial charge on any atom is -0.465 e. The van der Waals surface area contributed by atoms with Crippen LogP contribution in [-0.4, -0.2) is 24.1 Å². The van der Waals surface area contributed by atoms with Crippen LogP contribution in [0.2, 0.25) is 0 Å². The van der Waals surface area contributed by atoms with E-state index in [0.717, 1.165) is 44.9 Å². The summed E-state index contributed by atoms with van der Waals surface area (Å²) in [4.78, 5) is 25.0. The Kier molecular flexibility index (Phi) is 6.14. The lowest BCUT2D eigenvalue weighted by Crippen LogP contribution is -2.37. The molecule has 4 nitrogen and oxygen atoms in total. The first-order valence-corrected chi connectivity index (χ1v) is 10.3.